The number of rotatable bonds is 8. The topological polar surface area (TPSA) is 40.9 Å². The highest BCUT2D eigenvalue weighted by atomic mass is 35.5. The minimum atomic E-state index is 0.573. The number of anilines is 1. The summed E-state index contributed by atoms with van der Waals surface area (Å²) in [5, 5.41) is 8.08. The zero-order chi connectivity index (χ0) is 16.3. The summed E-state index contributed by atoms with van der Waals surface area (Å²) < 4.78 is 0. The Morgan fingerprint density at radius 1 is 0.826 bits per heavy atom. The number of alkyl halides is 2. The van der Waals surface area contributed by atoms with Crippen LogP contribution >= 0.6 is 23.2 Å². The Kier molecular flexibility index (Phi) is 7.57. The van der Waals surface area contributed by atoms with Crippen molar-refractivity contribution in [2.45, 2.75) is 0 Å². The minimum Gasteiger partial charge on any atom is -0.369 e. The molecule has 0 bridgehead atoms. The number of halogens is 2. The first-order chi connectivity index (χ1) is 11.3. The van der Waals surface area contributed by atoms with Gasteiger partial charge in [-0.05, 0) is 35.4 Å². The molecule has 2 aromatic rings. The second kappa shape index (κ2) is 9.98. The van der Waals surface area contributed by atoms with Crippen molar-refractivity contribution in [2.75, 3.05) is 29.7 Å². The Morgan fingerprint density at radius 2 is 1.35 bits per heavy atom. The van der Waals surface area contributed by atoms with Crippen LogP contribution in [0.4, 0.5) is 5.69 Å². The fraction of sp³-hybridized carbons (Fsp3) is 0.235. The van der Waals surface area contributed by atoms with Crippen LogP contribution in [0.1, 0.15) is 11.1 Å². The molecule has 0 fully saturated rings. The van der Waals surface area contributed by atoms with Crippen molar-refractivity contribution in [3.63, 3.8) is 0 Å². The first-order valence-electron chi connectivity index (χ1n) is 7.27. The number of pyridine rings is 1. The molecule has 1 aromatic carbocycles. The molecular weight excluding hydrogens is 331 g/mol. The minimum absolute atomic E-state index is 0.573. The van der Waals surface area contributed by atoms with E-state index in [1.165, 1.54) is 0 Å². The molecule has 0 radical (unpaired) electrons. The van der Waals surface area contributed by atoms with E-state index in [4.69, 9.17) is 23.2 Å². The van der Waals surface area contributed by atoms with Gasteiger partial charge in [0.1, 0.15) is 0 Å². The summed E-state index contributed by atoms with van der Waals surface area (Å²) in [5.74, 6) is 1.15. The third-order valence-corrected chi connectivity index (χ3v) is 3.49. The second-order valence-electron chi connectivity index (χ2n) is 4.73. The van der Waals surface area contributed by atoms with Crippen molar-refractivity contribution in [2.24, 2.45) is 10.2 Å². The second-order valence-corrected chi connectivity index (χ2v) is 5.48. The van der Waals surface area contributed by atoms with E-state index >= 15 is 0 Å². The van der Waals surface area contributed by atoms with Gasteiger partial charge in [-0.3, -0.25) is 4.98 Å². The Hall–Kier alpha value is -1.91. The lowest BCUT2D eigenvalue weighted by Crippen LogP contribution is -2.27. The Balaban J connectivity index is 1.96. The number of benzene rings is 1. The summed E-state index contributed by atoms with van der Waals surface area (Å²) in [4.78, 5) is 6.10. The molecule has 1 aromatic heterocycles. The molecule has 0 aliphatic carbocycles. The van der Waals surface area contributed by atoms with Gasteiger partial charge in [-0.2, -0.15) is 10.2 Å². The SMILES string of the molecule is ClCCN(CCCl)c1ccc(/C=N\N=C\c2ccncc2)cc1. The van der Waals surface area contributed by atoms with Gasteiger partial charge >= 0.3 is 0 Å². The monoisotopic (exact) mass is 348 g/mol. The molecule has 23 heavy (non-hydrogen) atoms. The molecule has 0 aliphatic rings. The highest BCUT2D eigenvalue weighted by Crippen LogP contribution is 2.15. The zero-order valence-electron chi connectivity index (χ0n) is 12.6. The highest BCUT2D eigenvalue weighted by Gasteiger charge is 2.04. The van der Waals surface area contributed by atoms with Crippen LogP contribution in [0.2, 0.25) is 0 Å². The van der Waals surface area contributed by atoms with Crippen molar-refractivity contribution in [1.82, 2.24) is 4.98 Å². The standard InChI is InChI=1S/C17H18Cl2N4/c18-7-11-23(12-8-19)17-3-1-15(2-4-17)13-21-22-14-16-5-9-20-10-6-16/h1-6,9-10,13-14H,7-8,11-12H2/b21-13-,22-14+. The Bertz CT molecular complexity index is 621. The van der Waals surface area contributed by atoms with Crippen LogP contribution in [0.5, 0.6) is 0 Å². The fourth-order valence-corrected chi connectivity index (χ4v) is 2.40. The van der Waals surface area contributed by atoms with Crippen LogP contribution in [0.15, 0.2) is 59.0 Å². The maximum Gasteiger partial charge on any atom is 0.0569 e. The quantitative estimate of drug-likeness (QED) is 0.413. The smallest absolute Gasteiger partial charge is 0.0569 e. The zero-order valence-corrected chi connectivity index (χ0v) is 14.2. The van der Waals surface area contributed by atoms with Gasteiger partial charge < -0.3 is 4.90 Å². The lowest BCUT2D eigenvalue weighted by molar-refractivity contribution is 0.874. The van der Waals surface area contributed by atoms with Crippen molar-refractivity contribution >= 4 is 41.3 Å². The first-order valence-corrected chi connectivity index (χ1v) is 8.34. The van der Waals surface area contributed by atoms with Crippen LogP contribution in [0.25, 0.3) is 0 Å². The third-order valence-electron chi connectivity index (χ3n) is 3.15. The van der Waals surface area contributed by atoms with Gasteiger partial charge in [-0.25, -0.2) is 0 Å². The van der Waals surface area contributed by atoms with Crippen LogP contribution in [-0.2, 0) is 0 Å². The van der Waals surface area contributed by atoms with E-state index in [-0.39, 0.29) is 0 Å². The molecule has 1 heterocycles. The lowest BCUT2D eigenvalue weighted by atomic mass is 10.2. The van der Waals surface area contributed by atoms with Crippen LogP contribution in [0, 0.1) is 0 Å². The Labute approximate surface area is 146 Å². The van der Waals surface area contributed by atoms with Gasteiger partial charge in [0.15, 0.2) is 0 Å². The fourth-order valence-electron chi connectivity index (χ4n) is 1.99. The molecule has 120 valence electrons. The van der Waals surface area contributed by atoms with Crippen molar-refractivity contribution in [3.8, 4) is 0 Å². The Morgan fingerprint density at radius 3 is 1.87 bits per heavy atom. The summed E-state index contributed by atoms with van der Waals surface area (Å²) in [5.41, 5.74) is 3.05. The molecule has 2 rings (SSSR count). The van der Waals surface area contributed by atoms with E-state index in [0.717, 1.165) is 29.9 Å². The summed E-state index contributed by atoms with van der Waals surface area (Å²) in [7, 11) is 0. The van der Waals surface area contributed by atoms with Gasteiger partial charge in [0.2, 0.25) is 0 Å². The van der Waals surface area contributed by atoms with E-state index in [1.54, 1.807) is 24.8 Å². The normalized spacial score (nSPS) is 11.4. The maximum atomic E-state index is 5.82. The third kappa shape index (κ3) is 6.00. The molecular formula is C17H18Cl2N4. The summed E-state index contributed by atoms with van der Waals surface area (Å²) in [6.45, 7) is 1.55. The summed E-state index contributed by atoms with van der Waals surface area (Å²) in [6, 6.07) is 11.8. The van der Waals surface area contributed by atoms with Crippen molar-refractivity contribution < 1.29 is 0 Å². The molecule has 4 nitrogen and oxygen atoms in total. The van der Waals surface area contributed by atoms with E-state index in [9.17, 15) is 0 Å². The van der Waals surface area contributed by atoms with Gasteiger partial charge in [0.25, 0.3) is 0 Å². The largest absolute Gasteiger partial charge is 0.369 e. The maximum absolute atomic E-state index is 5.82. The predicted octanol–water partition coefficient (Wildman–Crippen LogP) is 3.82. The molecule has 0 unspecified atom stereocenters. The van der Waals surface area contributed by atoms with Crippen molar-refractivity contribution in [3.05, 3.63) is 59.9 Å². The van der Waals surface area contributed by atoms with E-state index in [0.29, 0.717) is 11.8 Å². The molecule has 0 atom stereocenters. The number of aromatic nitrogens is 1. The van der Waals surface area contributed by atoms with Gasteiger partial charge in [0, 0.05) is 42.9 Å². The average Bonchev–Trinajstić information content (AvgIpc) is 2.60. The first kappa shape index (κ1) is 17.4. The lowest BCUT2D eigenvalue weighted by Gasteiger charge is -2.22. The van der Waals surface area contributed by atoms with Gasteiger partial charge in [-0.15, -0.1) is 23.2 Å². The number of hydrogen-bond donors (Lipinski definition) is 0. The molecule has 0 saturated carbocycles. The van der Waals surface area contributed by atoms with Crippen LogP contribution in [-0.4, -0.2) is 42.3 Å². The van der Waals surface area contributed by atoms with E-state index in [1.807, 2.05) is 36.4 Å². The predicted molar refractivity (Wildman–Crippen MR) is 99.5 cm³/mol. The van der Waals surface area contributed by atoms with Crippen LogP contribution < -0.4 is 4.90 Å². The highest BCUT2D eigenvalue weighted by molar-refractivity contribution is 6.18. The van der Waals surface area contributed by atoms with Gasteiger partial charge in [0.05, 0.1) is 12.4 Å². The summed E-state index contributed by atoms with van der Waals surface area (Å²) >= 11 is 11.6. The summed E-state index contributed by atoms with van der Waals surface area (Å²) in [6.07, 6.45) is 6.85. The molecule has 0 amide bonds. The molecule has 0 aliphatic heterocycles. The van der Waals surface area contributed by atoms with Gasteiger partial charge in [-0.1, -0.05) is 12.1 Å². The molecule has 0 spiro atoms. The number of nitrogens with zero attached hydrogens (tertiary/aromatic N) is 4. The van der Waals surface area contributed by atoms with E-state index < -0.39 is 0 Å². The average molecular weight is 349 g/mol. The molecule has 0 N–H and O–H groups in total. The molecule has 0 saturated heterocycles. The molecule has 6 heteroatoms. The van der Waals surface area contributed by atoms with E-state index in [2.05, 4.69) is 20.1 Å². The number of hydrogen-bond acceptors (Lipinski definition) is 4. The van der Waals surface area contributed by atoms with Crippen LogP contribution in [0.3, 0.4) is 0 Å². The van der Waals surface area contributed by atoms with Crippen molar-refractivity contribution in [1.29, 1.82) is 0 Å².